The minimum Gasteiger partial charge on any atom is -0.493 e. The molecule has 2 atom stereocenters. The van der Waals surface area contributed by atoms with E-state index < -0.39 is 12.2 Å². The van der Waals surface area contributed by atoms with Gasteiger partial charge in [-0.25, -0.2) is 0 Å². The molecule has 0 aliphatic rings. The number of nitrogens with zero attached hydrogens (tertiary/aromatic N) is 1. The monoisotopic (exact) mass is 475 g/mol. The van der Waals surface area contributed by atoms with Gasteiger partial charge in [-0.3, -0.25) is 0 Å². The van der Waals surface area contributed by atoms with E-state index in [-0.39, 0.29) is 0 Å². The van der Waals surface area contributed by atoms with Crippen molar-refractivity contribution in [1.82, 2.24) is 4.90 Å². The maximum absolute atomic E-state index is 10.6. The van der Waals surface area contributed by atoms with E-state index in [0.29, 0.717) is 35.8 Å². The Labute approximate surface area is 204 Å². The van der Waals surface area contributed by atoms with Crippen molar-refractivity contribution in [2.75, 3.05) is 48.6 Å². The van der Waals surface area contributed by atoms with Gasteiger partial charge in [0.1, 0.15) is 0 Å². The molecule has 0 unspecified atom stereocenters. The van der Waals surface area contributed by atoms with Crippen molar-refractivity contribution in [3.8, 4) is 23.0 Å². The van der Waals surface area contributed by atoms with E-state index in [1.54, 1.807) is 28.4 Å². The third kappa shape index (κ3) is 7.79. The Bertz CT molecular complexity index is 859. The molecule has 7 heteroatoms. The van der Waals surface area contributed by atoms with Crippen molar-refractivity contribution < 1.29 is 29.2 Å². The number of aliphatic hydroxyl groups excluding tert-OH is 2. The third-order valence-corrected chi connectivity index (χ3v) is 6.12. The van der Waals surface area contributed by atoms with Crippen molar-refractivity contribution in [2.24, 2.45) is 0 Å². The molecule has 0 bridgehead atoms. The average molecular weight is 476 g/mol. The van der Waals surface area contributed by atoms with Crippen LogP contribution in [0.3, 0.4) is 0 Å². The summed E-state index contributed by atoms with van der Waals surface area (Å²) in [5, 5.41) is 21.2. The van der Waals surface area contributed by atoms with Crippen LogP contribution in [-0.2, 0) is 0 Å². The van der Waals surface area contributed by atoms with Gasteiger partial charge in [-0.2, -0.15) is 0 Å². The molecule has 0 radical (unpaired) electrons. The first-order chi connectivity index (χ1) is 16.5. The van der Waals surface area contributed by atoms with Gasteiger partial charge in [-0.05, 0) is 58.0 Å². The number of para-hydroxylation sites is 2. The molecular formula is C27H41NO6. The Morgan fingerprint density at radius 3 is 1.59 bits per heavy atom. The summed E-state index contributed by atoms with van der Waals surface area (Å²) in [7, 11) is 8.48. The van der Waals surface area contributed by atoms with Gasteiger partial charge in [0.25, 0.3) is 0 Å². The van der Waals surface area contributed by atoms with Crippen LogP contribution in [0, 0.1) is 0 Å². The lowest BCUT2D eigenvalue weighted by Crippen LogP contribution is -2.21. The summed E-state index contributed by atoms with van der Waals surface area (Å²) in [6, 6.07) is 11.2. The summed E-state index contributed by atoms with van der Waals surface area (Å²) in [6.07, 6.45) is 4.09. The second-order valence-electron chi connectivity index (χ2n) is 8.49. The van der Waals surface area contributed by atoms with Gasteiger partial charge in [0.2, 0.25) is 0 Å². The Hall–Kier alpha value is -2.48. The molecule has 2 rings (SSSR count). The smallest absolute Gasteiger partial charge is 0.166 e. The Balaban J connectivity index is 1.68. The van der Waals surface area contributed by atoms with E-state index in [2.05, 4.69) is 11.9 Å². The zero-order valence-corrected chi connectivity index (χ0v) is 21.3. The number of rotatable bonds is 16. The number of hydrogen-bond donors (Lipinski definition) is 2. The summed E-state index contributed by atoms with van der Waals surface area (Å²) < 4.78 is 21.5. The highest BCUT2D eigenvalue weighted by Gasteiger charge is 2.18. The Morgan fingerprint density at radius 1 is 0.647 bits per heavy atom. The molecular weight excluding hydrogens is 434 g/mol. The minimum atomic E-state index is -0.589. The van der Waals surface area contributed by atoms with E-state index in [1.165, 1.54) is 0 Å². The average Bonchev–Trinajstić information content (AvgIpc) is 2.86. The van der Waals surface area contributed by atoms with Crippen molar-refractivity contribution in [3.05, 3.63) is 47.5 Å². The lowest BCUT2D eigenvalue weighted by Gasteiger charge is -2.20. The summed E-state index contributed by atoms with van der Waals surface area (Å²) in [6.45, 7) is 1.89. The van der Waals surface area contributed by atoms with Crippen LogP contribution in [0.1, 0.15) is 61.9 Å². The fourth-order valence-electron chi connectivity index (χ4n) is 4.22. The molecule has 0 aliphatic carbocycles. The zero-order chi connectivity index (χ0) is 24.9. The van der Waals surface area contributed by atoms with Crippen molar-refractivity contribution >= 4 is 0 Å². The molecule has 0 aliphatic heterocycles. The topological polar surface area (TPSA) is 80.6 Å². The second-order valence-corrected chi connectivity index (χ2v) is 8.49. The number of methoxy groups -OCH3 is 4. The fraction of sp³-hybridized carbons (Fsp3) is 0.556. The molecule has 34 heavy (non-hydrogen) atoms. The van der Waals surface area contributed by atoms with E-state index in [0.717, 1.165) is 49.9 Å². The molecule has 7 nitrogen and oxygen atoms in total. The van der Waals surface area contributed by atoms with Gasteiger partial charge in [-0.1, -0.05) is 37.1 Å². The predicted molar refractivity (Wildman–Crippen MR) is 134 cm³/mol. The maximum Gasteiger partial charge on any atom is 0.166 e. The molecule has 2 N–H and O–H groups in total. The predicted octanol–water partition coefficient (Wildman–Crippen LogP) is 4.76. The van der Waals surface area contributed by atoms with Crippen LogP contribution >= 0.6 is 0 Å². The SMILES string of the molecule is COc1cccc([C@H](O)CCCCCN(C)CCC[C@@H](O)c2cccc(OC)c2OC)c1OC. The van der Waals surface area contributed by atoms with E-state index in [1.807, 2.05) is 36.4 Å². The van der Waals surface area contributed by atoms with Crippen LogP contribution < -0.4 is 18.9 Å². The highest BCUT2D eigenvalue weighted by Crippen LogP contribution is 2.37. The quantitative estimate of drug-likeness (QED) is 0.339. The second kappa shape index (κ2) is 14.7. The number of aliphatic hydroxyl groups is 2. The van der Waals surface area contributed by atoms with Gasteiger partial charge >= 0.3 is 0 Å². The van der Waals surface area contributed by atoms with Crippen LogP contribution in [0.4, 0.5) is 0 Å². The molecule has 0 aromatic heterocycles. The first-order valence-electron chi connectivity index (χ1n) is 11.9. The van der Waals surface area contributed by atoms with Gasteiger partial charge in [-0.15, -0.1) is 0 Å². The van der Waals surface area contributed by atoms with Crippen molar-refractivity contribution in [3.63, 3.8) is 0 Å². The molecule has 0 heterocycles. The molecule has 0 saturated carbocycles. The van der Waals surface area contributed by atoms with Gasteiger partial charge in [0, 0.05) is 11.1 Å². The third-order valence-electron chi connectivity index (χ3n) is 6.12. The van der Waals surface area contributed by atoms with Gasteiger partial charge in [0.15, 0.2) is 23.0 Å². The Kier molecular flexibility index (Phi) is 12.0. The summed E-state index contributed by atoms with van der Waals surface area (Å²) in [4.78, 5) is 2.29. The highest BCUT2D eigenvalue weighted by atomic mass is 16.5. The lowest BCUT2D eigenvalue weighted by molar-refractivity contribution is 0.152. The van der Waals surface area contributed by atoms with E-state index in [9.17, 15) is 10.2 Å². The zero-order valence-electron chi connectivity index (χ0n) is 21.3. The largest absolute Gasteiger partial charge is 0.493 e. The number of benzene rings is 2. The number of unbranched alkanes of at least 4 members (excludes halogenated alkanes) is 2. The minimum absolute atomic E-state index is 0.571. The van der Waals surface area contributed by atoms with Gasteiger partial charge in [0.05, 0.1) is 40.6 Å². The molecule has 0 amide bonds. The molecule has 0 fully saturated rings. The Morgan fingerprint density at radius 2 is 1.12 bits per heavy atom. The van der Waals surface area contributed by atoms with Crippen LogP contribution in [0.15, 0.2) is 36.4 Å². The molecule has 2 aromatic carbocycles. The summed E-state index contributed by atoms with van der Waals surface area (Å²) in [5.74, 6) is 2.47. The van der Waals surface area contributed by atoms with Crippen LogP contribution in [0.2, 0.25) is 0 Å². The number of hydrogen-bond acceptors (Lipinski definition) is 7. The van der Waals surface area contributed by atoms with Crippen LogP contribution in [0.25, 0.3) is 0 Å². The first-order valence-corrected chi connectivity index (χ1v) is 11.9. The van der Waals surface area contributed by atoms with Crippen LogP contribution in [0.5, 0.6) is 23.0 Å². The van der Waals surface area contributed by atoms with Crippen molar-refractivity contribution in [2.45, 2.75) is 50.7 Å². The van der Waals surface area contributed by atoms with Crippen molar-refractivity contribution in [1.29, 1.82) is 0 Å². The molecule has 190 valence electrons. The van der Waals surface area contributed by atoms with Crippen LogP contribution in [-0.4, -0.2) is 63.7 Å². The maximum atomic E-state index is 10.6. The molecule has 2 aromatic rings. The molecule has 0 saturated heterocycles. The normalized spacial score (nSPS) is 12.9. The highest BCUT2D eigenvalue weighted by molar-refractivity contribution is 5.48. The number of ether oxygens (including phenoxy) is 4. The first kappa shape index (κ1) is 27.8. The molecule has 0 spiro atoms. The van der Waals surface area contributed by atoms with E-state index >= 15 is 0 Å². The summed E-state index contributed by atoms with van der Waals surface area (Å²) >= 11 is 0. The standard InChI is InChI=1S/C27H41NO6/c1-28(19-11-15-23(30)21-13-10-17-25(32-3)27(21)34-5)18-8-6-7-14-22(29)20-12-9-16-24(31-2)26(20)33-4/h9-10,12-13,16-17,22-23,29-30H,6-8,11,14-15,18-19H2,1-5H3/t22-,23-/m1/s1. The van der Waals surface area contributed by atoms with E-state index in [4.69, 9.17) is 18.9 Å². The summed E-state index contributed by atoms with van der Waals surface area (Å²) in [5.41, 5.74) is 1.53. The fourth-order valence-corrected chi connectivity index (χ4v) is 4.22. The van der Waals surface area contributed by atoms with Gasteiger partial charge < -0.3 is 34.1 Å². The lowest BCUT2D eigenvalue weighted by atomic mass is 10.0.